The second-order valence-corrected chi connectivity index (χ2v) is 25.7. The predicted octanol–water partition coefficient (Wildman–Crippen LogP) is 1.47. The Kier molecular flexibility index (Phi) is 48.0. The van der Waals surface area contributed by atoms with Gasteiger partial charge in [0.1, 0.15) is 36.3 Å². The Balaban J connectivity index is 0.000000686. The smallest absolute Gasteiger partial charge is 0.467 e. The molecule has 24 nitrogen and oxygen atoms in total. The Morgan fingerprint density at radius 1 is 0.247 bits per heavy atom. The molecule has 0 spiro atoms. The van der Waals surface area contributed by atoms with Crippen molar-refractivity contribution in [2.45, 2.75) is 36.3 Å². The zero-order chi connectivity index (χ0) is 65.8. The molecule has 0 aromatic carbocycles. The van der Waals surface area contributed by atoms with Gasteiger partial charge in [-0.15, -0.1) is 0 Å². The summed E-state index contributed by atoms with van der Waals surface area (Å²) in [6.07, 6.45) is 40.4. The van der Waals surface area contributed by atoms with Gasteiger partial charge >= 0.3 is 87.0 Å². The molecule has 6 saturated carbocycles. The SMILES string of the molecule is COC(=O)[C@H](CSSC[C@@H](NC(=O)[C]1[CH][CH][CH][CH]1)C(=O)OC)NC(=O)[C]1[CH][CH][CH][CH]1.COC(=O)[C@H](CSSC[C@@H](NC(=O)[C]1[CH][CH][CH][CH]1)C(=O)OC)NC(=O)[C]1[CH][CH][CH][CH]1.COC(=O)[C@H](CSSC[C@@H](NC(=O)[C]1[CH][CH][CH][CH]1)C(=O)OC)NC(=O)[C]1[CH][CH][CH][CH]1.[Fe+2].[Fe+2].[Fe+2]. The number of carbonyl (C=O) groups is 12. The van der Waals surface area contributed by atoms with E-state index in [4.69, 9.17) is 28.4 Å². The topological polar surface area (TPSA) is 332 Å². The minimum atomic E-state index is -0.856. The van der Waals surface area contributed by atoms with E-state index in [-0.39, 0.29) is 121 Å². The molecular weight excluding hydrogens is 1450 g/mol. The number of carbonyl (C=O) groups excluding carboxylic acids is 12. The Hall–Kier alpha value is -2.70. The first-order valence-corrected chi connectivity index (χ1v) is 34.2. The standard InChI is InChI=1S/3C20H22N2O6S2.3Fe/c3*1-27-19(25)15(21-17(23)13-7-3-4-8-13)11-29-30-12-16(20(26)28-2)22-18(24)14-9-5-6-10-14;;;/h3*3-10,15-16H,11-12H2,1-2H3,(H,21,23)(H,22,24);;;/q;;;3*+2/t3*15-,16+;;;. The van der Waals surface area contributed by atoms with Gasteiger partial charge in [0.2, 0.25) is 35.4 Å². The minimum Gasteiger partial charge on any atom is -0.467 e. The number of rotatable bonds is 33. The number of nitrogens with one attached hydrogen (secondary N) is 6. The summed E-state index contributed by atoms with van der Waals surface area (Å²) in [4.78, 5) is 145. The van der Waals surface area contributed by atoms with E-state index in [1.165, 1.54) is 107 Å². The van der Waals surface area contributed by atoms with Crippen LogP contribution in [0, 0.1) is 190 Å². The fourth-order valence-corrected chi connectivity index (χ4v) is 14.1. The first-order valence-electron chi connectivity index (χ1n) is 26.7. The van der Waals surface area contributed by atoms with Crippen molar-refractivity contribution < 1.29 is 137 Å². The maximum absolute atomic E-state index is 12.2. The second-order valence-electron chi connectivity index (χ2n) is 18.0. The molecule has 6 aliphatic carbocycles. The molecule has 0 saturated heterocycles. The summed E-state index contributed by atoms with van der Waals surface area (Å²) in [6, 6.07) is -5.14. The molecule has 6 fully saturated rings. The Labute approximate surface area is 603 Å². The van der Waals surface area contributed by atoms with Crippen LogP contribution < -0.4 is 31.9 Å². The van der Waals surface area contributed by atoms with Crippen molar-refractivity contribution in [3.63, 3.8) is 0 Å². The van der Waals surface area contributed by atoms with Gasteiger partial charge < -0.3 is 60.3 Å². The van der Waals surface area contributed by atoms with E-state index >= 15 is 0 Å². The van der Waals surface area contributed by atoms with Gasteiger partial charge in [-0.3, -0.25) is 28.8 Å². The maximum Gasteiger partial charge on any atom is 2.00 e. The number of amides is 6. The van der Waals surface area contributed by atoms with Gasteiger partial charge in [0.05, 0.1) is 78.2 Å². The molecule has 0 heterocycles. The first-order chi connectivity index (χ1) is 43.4. The van der Waals surface area contributed by atoms with Crippen LogP contribution in [0.5, 0.6) is 0 Å². The van der Waals surface area contributed by atoms with E-state index in [2.05, 4.69) is 31.9 Å². The zero-order valence-corrected chi connectivity index (χ0v) is 58.6. The van der Waals surface area contributed by atoms with Gasteiger partial charge in [-0.1, -0.05) is 64.8 Å². The van der Waals surface area contributed by atoms with Crippen LogP contribution in [0.2, 0.25) is 0 Å². The van der Waals surface area contributed by atoms with E-state index in [1.807, 2.05) is 0 Å². The molecule has 6 amide bonds. The third-order valence-corrected chi connectivity index (χ3v) is 19.2. The molecule has 30 radical (unpaired) electrons. The van der Waals surface area contributed by atoms with Crippen LogP contribution >= 0.6 is 64.8 Å². The summed E-state index contributed by atoms with van der Waals surface area (Å²) in [7, 11) is 15.1. The van der Waals surface area contributed by atoms with Crippen molar-refractivity contribution in [2.24, 2.45) is 0 Å². The van der Waals surface area contributed by atoms with Crippen LogP contribution in [-0.2, 0) is 137 Å². The van der Waals surface area contributed by atoms with Crippen molar-refractivity contribution in [3.05, 3.63) is 190 Å². The Morgan fingerprint density at radius 3 is 0.452 bits per heavy atom. The van der Waals surface area contributed by atoms with Crippen molar-refractivity contribution in [2.75, 3.05) is 77.2 Å². The van der Waals surface area contributed by atoms with Gasteiger partial charge in [0.15, 0.2) is 0 Å². The largest absolute Gasteiger partial charge is 2.00 e. The summed E-state index contributed by atoms with van der Waals surface area (Å²) in [5.41, 5.74) is 0. The summed E-state index contributed by atoms with van der Waals surface area (Å²) < 4.78 is 28.5. The van der Waals surface area contributed by atoms with Crippen LogP contribution in [0.1, 0.15) is 0 Å². The molecule has 0 aromatic rings. The zero-order valence-electron chi connectivity index (χ0n) is 50.4. The minimum absolute atomic E-state index is 0. The van der Waals surface area contributed by atoms with Crippen molar-refractivity contribution in [1.82, 2.24) is 31.9 Å². The maximum atomic E-state index is 12.2. The molecule has 6 aliphatic rings. The van der Waals surface area contributed by atoms with Gasteiger partial charge in [-0.25, -0.2) is 28.8 Å². The molecule has 0 unspecified atom stereocenters. The number of esters is 6. The fraction of sp³-hybridized carbons (Fsp3) is 0.300. The van der Waals surface area contributed by atoms with Gasteiger partial charge in [0.25, 0.3) is 0 Å². The third-order valence-electron chi connectivity index (χ3n) is 12.0. The van der Waals surface area contributed by atoms with E-state index in [0.717, 1.165) is 0 Å². The number of hydrogen-bond donors (Lipinski definition) is 6. The summed E-state index contributed by atoms with van der Waals surface area (Å²) in [5.74, 6) is -1.73. The van der Waals surface area contributed by atoms with Crippen LogP contribution in [-0.4, -0.2) is 185 Å². The van der Waals surface area contributed by atoms with E-state index in [0.29, 0.717) is 35.5 Å². The molecule has 33 heteroatoms. The van der Waals surface area contributed by atoms with Crippen molar-refractivity contribution in [3.8, 4) is 0 Å². The first kappa shape index (κ1) is 88.3. The molecule has 0 bridgehead atoms. The molecule has 0 aliphatic heterocycles. The van der Waals surface area contributed by atoms with Crippen LogP contribution in [0.25, 0.3) is 0 Å². The van der Waals surface area contributed by atoms with E-state index in [9.17, 15) is 57.5 Å². The molecule has 6 N–H and O–H groups in total. The average Bonchev–Trinajstić information content (AvgIpc) is 4.02. The summed E-state index contributed by atoms with van der Waals surface area (Å²) >= 11 is 0. The molecule has 0 aromatic heterocycles. The molecular formula is C60H66Fe3N6O18S6+6. The van der Waals surface area contributed by atoms with Gasteiger partial charge in [-0.05, 0) is 154 Å². The van der Waals surface area contributed by atoms with E-state index in [1.54, 1.807) is 154 Å². The monoisotopic (exact) mass is 1520 g/mol. The quantitative estimate of drug-likeness (QED) is 0.0178. The average molecular weight is 1520 g/mol. The third kappa shape index (κ3) is 32.7. The van der Waals surface area contributed by atoms with E-state index < -0.39 is 72.1 Å². The fourth-order valence-electron chi connectivity index (χ4n) is 7.16. The predicted molar refractivity (Wildman–Crippen MR) is 341 cm³/mol. The second kappa shape index (κ2) is 50.6. The van der Waals surface area contributed by atoms with Crippen molar-refractivity contribution in [1.29, 1.82) is 0 Å². The van der Waals surface area contributed by atoms with Gasteiger partial charge in [0, 0.05) is 34.5 Å². The number of ether oxygens (including phenoxy) is 6. The normalized spacial score (nSPS) is 18.5. The van der Waals surface area contributed by atoms with Crippen molar-refractivity contribution >= 4 is 136 Å². The Bertz CT molecular complexity index is 1930. The van der Waals surface area contributed by atoms with Crippen LogP contribution in [0.4, 0.5) is 0 Å². The summed E-state index contributed by atoms with van der Waals surface area (Å²) in [6.45, 7) is 0. The molecule has 498 valence electrons. The van der Waals surface area contributed by atoms with Crippen LogP contribution in [0.3, 0.4) is 0 Å². The number of methoxy groups -OCH3 is 6. The molecule has 6 atom stereocenters. The van der Waals surface area contributed by atoms with Crippen LogP contribution in [0.15, 0.2) is 0 Å². The molecule has 6 rings (SSSR count). The molecule has 93 heavy (non-hydrogen) atoms. The van der Waals surface area contributed by atoms with Gasteiger partial charge in [-0.2, -0.15) is 0 Å². The number of hydrogen-bond acceptors (Lipinski definition) is 24. The Morgan fingerprint density at radius 2 is 0.355 bits per heavy atom. The summed E-state index contributed by atoms with van der Waals surface area (Å²) in [5, 5.41) is 15.8.